The molecule has 17 heavy (non-hydrogen) atoms. The molecule has 0 saturated carbocycles. The van der Waals surface area contributed by atoms with Gasteiger partial charge in [-0.15, -0.1) is 24.0 Å². The van der Waals surface area contributed by atoms with E-state index in [0.29, 0.717) is 12.5 Å². The molecule has 0 spiro atoms. The van der Waals surface area contributed by atoms with E-state index in [2.05, 4.69) is 22.4 Å². The van der Waals surface area contributed by atoms with Crippen LogP contribution in [0.3, 0.4) is 0 Å². The third-order valence-electron chi connectivity index (χ3n) is 2.75. The van der Waals surface area contributed by atoms with Crippen molar-refractivity contribution in [3.8, 4) is 0 Å². The summed E-state index contributed by atoms with van der Waals surface area (Å²) in [6.45, 7) is 0.357. The summed E-state index contributed by atoms with van der Waals surface area (Å²) in [6.07, 6.45) is 3.58. The average Bonchev–Trinajstić information content (AvgIpc) is 2.73. The van der Waals surface area contributed by atoms with Crippen LogP contribution >= 0.6 is 24.0 Å². The van der Waals surface area contributed by atoms with E-state index >= 15 is 0 Å². The second kappa shape index (κ2) is 6.80. The zero-order valence-electron chi connectivity index (χ0n) is 9.65. The Kier molecular flexibility index (Phi) is 5.70. The zero-order valence-corrected chi connectivity index (χ0v) is 12.0. The van der Waals surface area contributed by atoms with Gasteiger partial charge in [0.05, 0.1) is 13.2 Å². The lowest BCUT2D eigenvalue weighted by atomic mass is 10.1. The molecule has 0 amide bonds. The van der Waals surface area contributed by atoms with E-state index in [1.165, 1.54) is 24.0 Å². The normalized spacial score (nSPS) is 14.1. The first-order valence-corrected chi connectivity index (χ1v) is 5.59. The van der Waals surface area contributed by atoms with Gasteiger partial charge >= 0.3 is 0 Å². The topological polar surface area (TPSA) is 70.6 Å². The highest BCUT2D eigenvalue weighted by molar-refractivity contribution is 14.0. The fraction of sp³-hybridized carbons (Fsp3) is 0.417. The monoisotopic (exact) mass is 347 g/mol. The molecule has 94 valence electrons. The Morgan fingerprint density at radius 3 is 2.88 bits per heavy atom. The lowest BCUT2D eigenvalue weighted by molar-refractivity contribution is 0.307. The Morgan fingerprint density at radius 1 is 1.35 bits per heavy atom. The quantitative estimate of drug-likeness (QED) is 0.441. The standard InChI is InChI=1S/C12H17N3O.HI/c13-12(14-6-7-16)15-11-5-4-9-2-1-3-10(9)8-11;/h4-5,8,16H,1-3,6-7H2,(H3,13,14,15);1H. The summed E-state index contributed by atoms with van der Waals surface area (Å²) in [5, 5.41) is 11.6. The fourth-order valence-corrected chi connectivity index (χ4v) is 2.01. The minimum atomic E-state index is 0. The maximum Gasteiger partial charge on any atom is 0.193 e. The van der Waals surface area contributed by atoms with Crippen molar-refractivity contribution in [3.63, 3.8) is 0 Å². The third-order valence-corrected chi connectivity index (χ3v) is 2.75. The lowest BCUT2D eigenvalue weighted by Gasteiger charge is -2.07. The van der Waals surface area contributed by atoms with Crippen molar-refractivity contribution >= 4 is 35.6 Å². The third kappa shape index (κ3) is 3.85. The van der Waals surface area contributed by atoms with Crippen LogP contribution in [-0.2, 0) is 12.8 Å². The maximum atomic E-state index is 8.62. The van der Waals surface area contributed by atoms with E-state index in [0.717, 1.165) is 12.1 Å². The second-order valence-electron chi connectivity index (χ2n) is 3.95. The molecule has 1 aromatic rings. The fourth-order valence-electron chi connectivity index (χ4n) is 2.01. The highest BCUT2D eigenvalue weighted by Gasteiger charge is 2.10. The number of fused-ring (bicyclic) bond motifs is 1. The number of guanidine groups is 1. The first kappa shape index (κ1) is 14.2. The van der Waals surface area contributed by atoms with E-state index in [1.54, 1.807) is 0 Å². The van der Waals surface area contributed by atoms with E-state index in [9.17, 15) is 0 Å². The SMILES string of the molecule is I.NC(=NCCO)Nc1ccc2c(c1)CCC2. The maximum absolute atomic E-state index is 8.62. The number of aryl methyl sites for hydroxylation is 2. The molecule has 1 aliphatic rings. The summed E-state index contributed by atoms with van der Waals surface area (Å²) in [5.41, 5.74) is 9.48. The van der Waals surface area contributed by atoms with Crippen LogP contribution in [-0.4, -0.2) is 24.2 Å². The van der Waals surface area contributed by atoms with Crippen molar-refractivity contribution in [2.75, 3.05) is 18.5 Å². The molecule has 0 unspecified atom stereocenters. The molecule has 0 atom stereocenters. The van der Waals surface area contributed by atoms with E-state index in [1.807, 2.05) is 6.07 Å². The first-order chi connectivity index (χ1) is 7.79. The minimum Gasteiger partial charge on any atom is -0.394 e. The molecule has 4 N–H and O–H groups in total. The summed E-state index contributed by atoms with van der Waals surface area (Å²) in [4.78, 5) is 3.96. The number of nitrogens with one attached hydrogen (secondary N) is 1. The number of nitrogens with zero attached hydrogens (tertiary/aromatic N) is 1. The van der Waals surface area contributed by atoms with Gasteiger partial charge in [-0.3, -0.25) is 4.99 Å². The van der Waals surface area contributed by atoms with Crippen LogP contribution in [0.2, 0.25) is 0 Å². The molecule has 0 aliphatic heterocycles. The molecule has 5 heteroatoms. The summed E-state index contributed by atoms with van der Waals surface area (Å²) in [5.74, 6) is 0.354. The number of halogens is 1. The molecule has 0 bridgehead atoms. The summed E-state index contributed by atoms with van der Waals surface area (Å²) in [6, 6.07) is 6.29. The van der Waals surface area contributed by atoms with Crippen molar-refractivity contribution in [2.24, 2.45) is 10.7 Å². The Balaban J connectivity index is 0.00000144. The predicted octanol–water partition coefficient (Wildman–Crippen LogP) is 1.51. The van der Waals surface area contributed by atoms with E-state index < -0.39 is 0 Å². The van der Waals surface area contributed by atoms with Crippen LogP contribution in [0, 0.1) is 0 Å². The van der Waals surface area contributed by atoms with Gasteiger partial charge in [0.1, 0.15) is 0 Å². The lowest BCUT2D eigenvalue weighted by Crippen LogP contribution is -2.23. The Hall–Kier alpha value is -0.820. The number of aliphatic hydroxyl groups is 1. The summed E-state index contributed by atoms with van der Waals surface area (Å²) >= 11 is 0. The molecule has 0 fully saturated rings. The molecule has 1 aliphatic carbocycles. The predicted molar refractivity (Wildman–Crippen MR) is 81.1 cm³/mol. The van der Waals surface area contributed by atoms with Gasteiger partial charge in [0.25, 0.3) is 0 Å². The van der Waals surface area contributed by atoms with Gasteiger partial charge in [0, 0.05) is 5.69 Å². The van der Waals surface area contributed by atoms with Crippen molar-refractivity contribution in [1.82, 2.24) is 0 Å². The molecule has 4 nitrogen and oxygen atoms in total. The molecule has 2 rings (SSSR count). The first-order valence-electron chi connectivity index (χ1n) is 5.59. The number of rotatable bonds is 3. The van der Waals surface area contributed by atoms with Crippen LogP contribution < -0.4 is 11.1 Å². The number of benzene rings is 1. The Morgan fingerprint density at radius 2 is 2.12 bits per heavy atom. The van der Waals surface area contributed by atoms with Gasteiger partial charge in [-0.25, -0.2) is 0 Å². The van der Waals surface area contributed by atoms with Crippen molar-refractivity contribution in [2.45, 2.75) is 19.3 Å². The second-order valence-corrected chi connectivity index (χ2v) is 3.95. The average molecular weight is 347 g/mol. The van der Waals surface area contributed by atoms with Gasteiger partial charge in [0.15, 0.2) is 5.96 Å². The van der Waals surface area contributed by atoms with Crippen LogP contribution in [0.15, 0.2) is 23.2 Å². The number of aliphatic imine (C=N–C) groups is 1. The Labute approximate surface area is 118 Å². The smallest absolute Gasteiger partial charge is 0.193 e. The molecule has 1 aromatic carbocycles. The number of aliphatic hydroxyl groups excluding tert-OH is 1. The van der Waals surface area contributed by atoms with Crippen LogP contribution in [0.4, 0.5) is 5.69 Å². The summed E-state index contributed by atoms with van der Waals surface area (Å²) < 4.78 is 0. The molecule has 0 radical (unpaired) electrons. The highest BCUT2D eigenvalue weighted by Crippen LogP contribution is 2.24. The molecule has 0 aromatic heterocycles. The molecule has 0 saturated heterocycles. The largest absolute Gasteiger partial charge is 0.394 e. The van der Waals surface area contributed by atoms with Gasteiger partial charge in [0.2, 0.25) is 0 Å². The van der Waals surface area contributed by atoms with Crippen molar-refractivity contribution < 1.29 is 5.11 Å². The summed E-state index contributed by atoms with van der Waals surface area (Å²) in [7, 11) is 0. The van der Waals surface area contributed by atoms with Crippen LogP contribution in [0.25, 0.3) is 0 Å². The number of hydrogen-bond donors (Lipinski definition) is 3. The van der Waals surface area contributed by atoms with Crippen LogP contribution in [0.5, 0.6) is 0 Å². The van der Waals surface area contributed by atoms with Gasteiger partial charge < -0.3 is 16.2 Å². The molecular formula is C12H18IN3O. The van der Waals surface area contributed by atoms with Crippen molar-refractivity contribution in [1.29, 1.82) is 0 Å². The Bertz CT molecular complexity index is 407. The van der Waals surface area contributed by atoms with Gasteiger partial charge in [-0.1, -0.05) is 6.07 Å². The zero-order chi connectivity index (χ0) is 11.4. The minimum absolute atomic E-state index is 0. The van der Waals surface area contributed by atoms with Gasteiger partial charge in [-0.05, 0) is 42.5 Å². The van der Waals surface area contributed by atoms with Crippen LogP contribution in [0.1, 0.15) is 17.5 Å². The molecule has 0 heterocycles. The van der Waals surface area contributed by atoms with E-state index in [4.69, 9.17) is 10.8 Å². The number of anilines is 1. The van der Waals surface area contributed by atoms with Crippen molar-refractivity contribution in [3.05, 3.63) is 29.3 Å². The highest BCUT2D eigenvalue weighted by atomic mass is 127. The van der Waals surface area contributed by atoms with E-state index in [-0.39, 0.29) is 30.6 Å². The molecular weight excluding hydrogens is 329 g/mol. The van der Waals surface area contributed by atoms with Gasteiger partial charge in [-0.2, -0.15) is 0 Å². The number of nitrogens with two attached hydrogens (primary N) is 1. The number of hydrogen-bond acceptors (Lipinski definition) is 2.